The van der Waals surface area contributed by atoms with Gasteiger partial charge in [0.05, 0.1) is 0 Å². The Morgan fingerprint density at radius 2 is 1.96 bits per heavy atom. The highest BCUT2D eigenvalue weighted by Gasteiger charge is 2.26. The summed E-state index contributed by atoms with van der Waals surface area (Å²) in [4.78, 5) is 20.2. The maximum Gasteiger partial charge on any atom is 0.251 e. The first kappa shape index (κ1) is 16.8. The van der Waals surface area contributed by atoms with E-state index in [0.717, 1.165) is 24.8 Å². The summed E-state index contributed by atoms with van der Waals surface area (Å²) in [5.74, 6) is -0.804. The molecule has 0 spiro atoms. The van der Waals surface area contributed by atoms with Crippen molar-refractivity contribution in [3.8, 4) is 0 Å². The highest BCUT2D eigenvalue weighted by Crippen LogP contribution is 2.21. The zero-order valence-electron chi connectivity index (χ0n) is 13.0. The quantitative estimate of drug-likeness (QED) is 0.872. The van der Waals surface area contributed by atoms with Crippen LogP contribution in [0.4, 0.5) is 4.39 Å². The number of aromatic nitrogens is 2. The zero-order valence-corrected chi connectivity index (χ0v) is 13.8. The minimum absolute atomic E-state index is 0.0732. The van der Waals surface area contributed by atoms with Crippen molar-refractivity contribution in [2.24, 2.45) is 0 Å². The van der Waals surface area contributed by atoms with E-state index in [1.54, 1.807) is 12.4 Å². The van der Waals surface area contributed by atoms with Crippen LogP contribution in [0.1, 0.15) is 35.2 Å². The van der Waals surface area contributed by atoms with Crippen LogP contribution in [-0.2, 0) is 6.54 Å². The first-order chi connectivity index (χ1) is 11.6. The number of hydrogen-bond donors (Lipinski definition) is 2. The largest absolute Gasteiger partial charge is 0.349 e. The Morgan fingerprint density at radius 1 is 1.21 bits per heavy atom. The Bertz CT molecular complexity index is 693. The van der Waals surface area contributed by atoms with E-state index in [9.17, 15) is 9.18 Å². The lowest BCUT2D eigenvalue weighted by Crippen LogP contribution is -2.35. The number of carbonyl (C=O) groups excluding carboxylic acids is 1. The molecule has 2 N–H and O–H groups in total. The van der Waals surface area contributed by atoms with Crippen molar-refractivity contribution in [2.75, 3.05) is 0 Å². The molecule has 1 aromatic carbocycles. The molecular formula is C17H18ClFN4O. The fourth-order valence-corrected chi connectivity index (χ4v) is 3.16. The molecule has 0 radical (unpaired) electrons. The van der Waals surface area contributed by atoms with E-state index in [4.69, 9.17) is 11.6 Å². The van der Waals surface area contributed by atoms with Gasteiger partial charge in [-0.3, -0.25) is 4.79 Å². The van der Waals surface area contributed by atoms with Crippen LogP contribution in [0, 0.1) is 5.82 Å². The van der Waals surface area contributed by atoms with Crippen LogP contribution < -0.4 is 10.6 Å². The van der Waals surface area contributed by atoms with Crippen molar-refractivity contribution < 1.29 is 9.18 Å². The fourth-order valence-electron chi connectivity index (χ4n) is 2.94. The summed E-state index contributed by atoms with van der Waals surface area (Å²) in [6.45, 7) is 0.700. The summed E-state index contributed by atoms with van der Waals surface area (Å²) < 4.78 is 13.3. The Labute approximate surface area is 144 Å². The smallest absolute Gasteiger partial charge is 0.251 e. The third-order valence-corrected chi connectivity index (χ3v) is 4.32. The standard InChI is InChI=1S/C17H18ClFN4O/c18-13-3-12(4-14(19)5-13)17(24)23-16-2-1-15(6-16)22-9-11-7-20-10-21-8-11/h3-5,7-8,10,15-16,22H,1-2,6,9H2,(H,23,24)/t15-,16-/m1/s1. The Morgan fingerprint density at radius 3 is 2.71 bits per heavy atom. The minimum atomic E-state index is -0.510. The molecule has 1 amide bonds. The topological polar surface area (TPSA) is 66.9 Å². The summed E-state index contributed by atoms with van der Waals surface area (Å²) >= 11 is 5.79. The molecule has 2 atom stereocenters. The molecule has 0 bridgehead atoms. The molecule has 1 saturated carbocycles. The number of nitrogens with one attached hydrogen (secondary N) is 2. The molecule has 0 aliphatic heterocycles. The van der Waals surface area contributed by atoms with Crippen molar-refractivity contribution in [1.29, 1.82) is 0 Å². The second kappa shape index (κ2) is 7.68. The van der Waals surface area contributed by atoms with Gasteiger partial charge in [0.1, 0.15) is 12.1 Å². The number of nitrogens with zero attached hydrogens (tertiary/aromatic N) is 2. The van der Waals surface area contributed by atoms with E-state index < -0.39 is 5.82 Å². The second-order valence-electron chi connectivity index (χ2n) is 5.97. The van der Waals surface area contributed by atoms with Crippen LogP contribution in [0.5, 0.6) is 0 Å². The molecule has 1 fully saturated rings. The van der Waals surface area contributed by atoms with Crippen molar-refractivity contribution in [3.05, 3.63) is 58.9 Å². The second-order valence-corrected chi connectivity index (χ2v) is 6.40. The monoisotopic (exact) mass is 348 g/mol. The lowest BCUT2D eigenvalue weighted by molar-refractivity contribution is 0.0937. The van der Waals surface area contributed by atoms with Gasteiger partial charge in [-0.05, 0) is 37.5 Å². The van der Waals surface area contributed by atoms with Gasteiger partial charge < -0.3 is 10.6 Å². The van der Waals surface area contributed by atoms with Gasteiger partial charge in [0.2, 0.25) is 0 Å². The normalized spacial score (nSPS) is 20.1. The Balaban J connectivity index is 1.49. The first-order valence-electron chi connectivity index (χ1n) is 7.84. The number of amides is 1. The van der Waals surface area contributed by atoms with Gasteiger partial charge in [-0.1, -0.05) is 11.6 Å². The Hall–Kier alpha value is -2.05. The molecule has 126 valence electrons. The SMILES string of the molecule is O=C(N[C@@H]1CC[C@@H](NCc2cncnc2)C1)c1cc(F)cc(Cl)c1. The molecule has 1 heterocycles. The van der Waals surface area contributed by atoms with Gasteiger partial charge in [-0.2, -0.15) is 0 Å². The molecule has 1 aliphatic rings. The van der Waals surface area contributed by atoms with E-state index in [0.29, 0.717) is 12.6 Å². The van der Waals surface area contributed by atoms with E-state index >= 15 is 0 Å². The first-order valence-corrected chi connectivity index (χ1v) is 8.22. The van der Waals surface area contributed by atoms with Crippen LogP contribution in [0.3, 0.4) is 0 Å². The minimum Gasteiger partial charge on any atom is -0.349 e. The molecule has 2 aromatic rings. The van der Waals surface area contributed by atoms with E-state index in [1.165, 1.54) is 24.5 Å². The number of rotatable bonds is 5. The van der Waals surface area contributed by atoms with Crippen molar-refractivity contribution in [1.82, 2.24) is 20.6 Å². The van der Waals surface area contributed by atoms with Gasteiger partial charge in [0, 0.05) is 47.2 Å². The molecule has 1 aliphatic carbocycles. The fraction of sp³-hybridized carbons (Fsp3) is 0.353. The summed E-state index contributed by atoms with van der Waals surface area (Å²) in [5, 5.41) is 6.61. The Kier molecular flexibility index (Phi) is 5.37. The van der Waals surface area contributed by atoms with Gasteiger partial charge >= 0.3 is 0 Å². The molecule has 0 unspecified atom stereocenters. The predicted octanol–water partition coefficient (Wildman–Crippen LogP) is 2.71. The third kappa shape index (κ3) is 4.49. The van der Waals surface area contributed by atoms with Crippen molar-refractivity contribution in [2.45, 2.75) is 37.9 Å². The van der Waals surface area contributed by atoms with E-state index in [-0.39, 0.29) is 22.5 Å². The van der Waals surface area contributed by atoms with Gasteiger partial charge in [0.25, 0.3) is 5.91 Å². The van der Waals surface area contributed by atoms with Crippen LogP contribution in [0.15, 0.2) is 36.9 Å². The average molecular weight is 349 g/mol. The number of benzene rings is 1. The molecule has 24 heavy (non-hydrogen) atoms. The van der Waals surface area contributed by atoms with Crippen LogP contribution >= 0.6 is 11.6 Å². The molecule has 7 heteroatoms. The summed E-state index contributed by atoms with van der Waals surface area (Å²) in [6, 6.07) is 4.25. The third-order valence-electron chi connectivity index (χ3n) is 4.10. The maximum atomic E-state index is 13.3. The zero-order chi connectivity index (χ0) is 16.9. The van der Waals surface area contributed by atoms with Gasteiger partial charge in [0.15, 0.2) is 0 Å². The summed E-state index contributed by atoms with van der Waals surface area (Å²) in [6.07, 6.45) is 7.76. The molecule has 3 rings (SSSR count). The van der Waals surface area contributed by atoms with E-state index in [1.807, 2.05) is 0 Å². The molecular weight excluding hydrogens is 331 g/mol. The lowest BCUT2D eigenvalue weighted by atomic mass is 10.1. The van der Waals surface area contributed by atoms with Gasteiger partial charge in [-0.15, -0.1) is 0 Å². The lowest BCUT2D eigenvalue weighted by Gasteiger charge is -2.15. The van der Waals surface area contributed by atoms with E-state index in [2.05, 4.69) is 20.6 Å². The number of hydrogen-bond acceptors (Lipinski definition) is 4. The summed E-state index contributed by atoms with van der Waals surface area (Å²) in [5.41, 5.74) is 1.28. The maximum absolute atomic E-state index is 13.3. The molecule has 5 nitrogen and oxygen atoms in total. The number of carbonyl (C=O) groups is 1. The van der Waals surface area contributed by atoms with Crippen LogP contribution in [0.25, 0.3) is 0 Å². The number of halogens is 2. The van der Waals surface area contributed by atoms with Crippen molar-refractivity contribution >= 4 is 17.5 Å². The highest BCUT2D eigenvalue weighted by atomic mass is 35.5. The highest BCUT2D eigenvalue weighted by molar-refractivity contribution is 6.31. The van der Waals surface area contributed by atoms with Gasteiger partial charge in [-0.25, -0.2) is 14.4 Å². The molecule has 1 aromatic heterocycles. The van der Waals surface area contributed by atoms with Crippen LogP contribution in [0.2, 0.25) is 5.02 Å². The predicted molar refractivity (Wildman–Crippen MR) is 89.2 cm³/mol. The summed E-state index contributed by atoms with van der Waals surface area (Å²) in [7, 11) is 0. The van der Waals surface area contributed by atoms with Crippen molar-refractivity contribution in [3.63, 3.8) is 0 Å². The molecule has 0 saturated heterocycles. The average Bonchev–Trinajstić information content (AvgIpc) is 3.00. The van der Waals surface area contributed by atoms with Crippen LogP contribution in [-0.4, -0.2) is 28.0 Å².